The number of alkyl carbamates (subject to hydrolysis) is 1. The van der Waals surface area contributed by atoms with Crippen LogP contribution in [-0.4, -0.2) is 33.7 Å². The summed E-state index contributed by atoms with van der Waals surface area (Å²) in [6.45, 7) is 9.66. The normalized spacial score (nSPS) is 22.7. The van der Waals surface area contributed by atoms with Gasteiger partial charge in [-0.05, 0) is 53.9 Å². The zero-order valence-corrected chi connectivity index (χ0v) is 14.7. The number of carbonyl (C=O) groups excluding carboxylic acids is 1. The van der Waals surface area contributed by atoms with Gasteiger partial charge in [0.2, 0.25) is 0 Å². The quantitative estimate of drug-likeness (QED) is 0.892. The summed E-state index contributed by atoms with van der Waals surface area (Å²) in [5.41, 5.74) is 1.41. The topological polar surface area (TPSA) is 76.1 Å². The van der Waals surface area contributed by atoms with E-state index in [1.54, 1.807) is 12.4 Å². The standard InChI is InChI=1S/C17H28N4O2/c1-11-15(19-10-9-18-11)12(2)20-13-7-6-8-14(13)21-16(22)23-17(3,4)5/h9-10,12-14,20H,6-8H2,1-5H3,(H,21,22). The maximum atomic E-state index is 12.0. The summed E-state index contributed by atoms with van der Waals surface area (Å²) in [6.07, 6.45) is 6.15. The molecule has 23 heavy (non-hydrogen) atoms. The molecule has 1 saturated carbocycles. The molecule has 0 spiro atoms. The van der Waals surface area contributed by atoms with Gasteiger partial charge in [-0.15, -0.1) is 0 Å². The molecular weight excluding hydrogens is 292 g/mol. The molecule has 3 atom stereocenters. The highest BCUT2D eigenvalue weighted by Gasteiger charge is 2.31. The van der Waals surface area contributed by atoms with Gasteiger partial charge >= 0.3 is 6.09 Å². The Morgan fingerprint density at radius 2 is 1.91 bits per heavy atom. The molecule has 1 fully saturated rings. The molecule has 1 aliphatic rings. The molecule has 1 aromatic heterocycles. The molecule has 2 rings (SSSR count). The van der Waals surface area contributed by atoms with Gasteiger partial charge < -0.3 is 15.4 Å². The number of nitrogens with one attached hydrogen (secondary N) is 2. The minimum absolute atomic E-state index is 0.0873. The van der Waals surface area contributed by atoms with Crippen LogP contribution in [0.25, 0.3) is 0 Å². The second kappa shape index (κ2) is 7.25. The third kappa shape index (κ3) is 5.16. The van der Waals surface area contributed by atoms with Crippen LogP contribution >= 0.6 is 0 Å². The van der Waals surface area contributed by atoms with Crippen LogP contribution in [0.4, 0.5) is 4.79 Å². The van der Waals surface area contributed by atoms with Crippen molar-refractivity contribution in [1.82, 2.24) is 20.6 Å². The van der Waals surface area contributed by atoms with Gasteiger partial charge in [-0.3, -0.25) is 9.97 Å². The Morgan fingerprint density at radius 1 is 1.26 bits per heavy atom. The molecule has 1 aromatic rings. The summed E-state index contributed by atoms with van der Waals surface area (Å²) >= 11 is 0. The van der Waals surface area contributed by atoms with Crippen molar-refractivity contribution in [3.05, 3.63) is 23.8 Å². The highest BCUT2D eigenvalue weighted by atomic mass is 16.6. The van der Waals surface area contributed by atoms with Crippen molar-refractivity contribution in [3.63, 3.8) is 0 Å². The van der Waals surface area contributed by atoms with Gasteiger partial charge in [0.05, 0.1) is 11.4 Å². The van der Waals surface area contributed by atoms with Gasteiger partial charge in [0, 0.05) is 30.5 Å². The number of nitrogens with zero attached hydrogens (tertiary/aromatic N) is 2. The Labute approximate surface area is 138 Å². The van der Waals surface area contributed by atoms with Crippen molar-refractivity contribution in [3.8, 4) is 0 Å². The molecular formula is C17H28N4O2. The van der Waals surface area contributed by atoms with Crippen LogP contribution in [0.2, 0.25) is 0 Å². The smallest absolute Gasteiger partial charge is 0.407 e. The Kier molecular flexibility index (Phi) is 5.57. The second-order valence-corrected chi connectivity index (χ2v) is 7.21. The fourth-order valence-corrected chi connectivity index (χ4v) is 3.03. The van der Waals surface area contributed by atoms with Crippen LogP contribution in [-0.2, 0) is 4.74 Å². The fourth-order valence-electron chi connectivity index (χ4n) is 3.03. The molecule has 0 aliphatic heterocycles. The van der Waals surface area contributed by atoms with Crippen LogP contribution in [0.1, 0.15) is 64.4 Å². The third-order valence-electron chi connectivity index (χ3n) is 4.01. The molecule has 2 N–H and O–H groups in total. The number of hydrogen-bond acceptors (Lipinski definition) is 5. The summed E-state index contributed by atoms with van der Waals surface area (Å²) in [6, 6.07) is 0.401. The zero-order chi connectivity index (χ0) is 17.0. The monoisotopic (exact) mass is 320 g/mol. The van der Waals surface area contributed by atoms with Crippen molar-refractivity contribution in [1.29, 1.82) is 0 Å². The average molecular weight is 320 g/mol. The van der Waals surface area contributed by atoms with E-state index < -0.39 is 5.60 Å². The van der Waals surface area contributed by atoms with Crippen molar-refractivity contribution in [2.24, 2.45) is 0 Å². The minimum Gasteiger partial charge on any atom is -0.444 e. The van der Waals surface area contributed by atoms with E-state index in [-0.39, 0.29) is 24.2 Å². The third-order valence-corrected chi connectivity index (χ3v) is 4.01. The van der Waals surface area contributed by atoms with E-state index in [9.17, 15) is 4.79 Å². The summed E-state index contributed by atoms with van der Waals surface area (Å²) < 4.78 is 5.36. The number of aryl methyl sites for hydroxylation is 1. The first-order chi connectivity index (χ1) is 10.8. The molecule has 0 bridgehead atoms. The Balaban J connectivity index is 1.94. The second-order valence-electron chi connectivity index (χ2n) is 7.21. The van der Waals surface area contributed by atoms with Crippen LogP contribution in [0.5, 0.6) is 0 Å². The number of aromatic nitrogens is 2. The average Bonchev–Trinajstić information content (AvgIpc) is 2.84. The first-order valence-electron chi connectivity index (χ1n) is 8.29. The van der Waals surface area contributed by atoms with Gasteiger partial charge in [0.15, 0.2) is 0 Å². The van der Waals surface area contributed by atoms with Crippen LogP contribution in [0.3, 0.4) is 0 Å². The lowest BCUT2D eigenvalue weighted by atomic mass is 10.1. The molecule has 1 heterocycles. The Hall–Kier alpha value is -1.69. The highest BCUT2D eigenvalue weighted by molar-refractivity contribution is 5.68. The lowest BCUT2D eigenvalue weighted by Crippen LogP contribution is -2.48. The van der Waals surface area contributed by atoms with Crippen molar-refractivity contribution in [2.75, 3.05) is 0 Å². The van der Waals surface area contributed by atoms with Gasteiger partial charge in [0.25, 0.3) is 0 Å². The summed E-state index contributed by atoms with van der Waals surface area (Å²) in [4.78, 5) is 20.7. The van der Waals surface area contributed by atoms with Gasteiger partial charge in [-0.2, -0.15) is 0 Å². The highest BCUT2D eigenvalue weighted by Crippen LogP contribution is 2.23. The van der Waals surface area contributed by atoms with Gasteiger partial charge in [-0.25, -0.2) is 4.79 Å². The lowest BCUT2D eigenvalue weighted by Gasteiger charge is -2.27. The molecule has 6 nitrogen and oxygen atoms in total. The van der Waals surface area contributed by atoms with Crippen molar-refractivity contribution in [2.45, 2.75) is 77.6 Å². The van der Waals surface area contributed by atoms with E-state index >= 15 is 0 Å². The van der Waals surface area contributed by atoms with Crippen LogP contribution in [0, 0.1) is 6.92 Å². The summed E-state index contributed by atoms with van der Waals surface area (Å²) in [7, 11) is 0. The molecule has 0 radical (unpaired) electrons. The van der Waals surface area contributed by atoms with E-state index in [0.29, 0.717) is 0 Å². The van der Waals surface area contributed by atoms with Crippen molar-refractivity contribution < 1.29 is 9.53 Å². The van der Waals surface area contributed by atoms with Gasteiger partial charge in [0.1, 0.15) is 5.60 Å². The first-order valence-corrected chi connectivity index (χ1v) is 8.29. The molecule has 1 amide bonds. The zero-order valence-electron chi connectivity index (χ0n) is 14.7. The number of hydrogen-bond donors (Lipinski definition) is 2. The number of carbonyl (C=O) groups is 1. The fraction of sp³-hybridized carbons (Fsp3) is 0.706. The molecule has 128 valence electrons. The predicted molar refractivity (Wildman–Crippen MR) is 89.1 cm³/mol. The van der Waals surface area contributed by atoms with Gasteiger partial charge in [-0.1, -0.05) is 0 Å². The Morgan fingerprint density at radius 3 is 2.57 bits per heavy atom. The van der Waals surface area contributed by atoms with Crippen LogP contribution in [0.15, 0.2) is 12.4 Å². The maximum absolute atomic E-state index is 12.0. The Bertz CT molecular complexity index is 542. The number of amides is 1. The largest absolute Gasteiger partial charge is 0.444 e. The number of ether oxygens (including phenoxy) is 1. The minimum atomic E-state index is -0.477. The van der Waals surface area contributed by atoms with Crippen molar-refractivity contribution >= 4 is 6.09 Å². The molecule has 3 unspecified atom stereocenters. The SMILES string of the molecule is Cc1nccnc1C(C)NC1CCCC1NC(=O)OC(C)(C)C. The molecule has 6 heteroatoms. The summed E-state index contributed by atoms with van der Waals surface area (Å²) in [5.74, 6) is 0. The summed E-state index contributed by atoms with van der Waals surface area (Å²) in [5, 5.41) is 6.58. The predicted octanol–water partition coefficient (Wildman–Crippen LogP) is 2.88. The lowest BCUT2D eigenvalue weighted by molar-refractivity contribution is 0.0497. The van der Waals surface area contributed by atoms with E-state index in [1.807, 2.05) is 27.7 Å². The first kappa shape index (κ1) is 17.7. The molecule has 1 aliphatic carbocycles. The maximum Gasteiger partial charge on any atom is 0.407 e. The van der Waals surface area contributed by atoms with E-state index in [4.69, 9.17) is 4.74 Å². The molecule has 0 aromatic carbocycles. The van der Waals surface area contributed by atoms with Crippen LogP contribution < -0.4 is 10.6 Å². The molecule has 0 saturated heterocycles. The van der Waals surface area contributed by atoms with E-state index in [2.05, 4.69) is 27.5 Å². The number of rotatable bonds is 4. The van der Waals surface area contributed by atoms with E-state index in [0.717, 1.165) is 30.7 Å². The van der Waals surface area contributed by atoms with E-state index in [1.165, 1.54) is 0 Å².